The molecule has 3 atom stereocenters. The molecule has 0 saturated carbocycles. The van der Waals surface area contributed by atoms with Crippen LogP contribution in [-0.4, -0.2) is 29.4 Å². The first kappa shape index (κ1) is 23.5. The SMILES string of the molecule is CCNC(=O)O[C@H]1/C=C(\C)CC/C=C(\C)CC[C@@H](C(C)C)/C=C/[C@](C)(O)C1. The van der Waals surface area contributed by atoms with Gasteiger partial charge in [0, 0.05) is 13.0 Å². The molecule has 2 N–H and O–H groups in total. The standard InChI is InChI=1S/C23H39NO3/c1-7-24-22(25)27-21-15-19(5)10-8-9-18(4)11-12-20(17(2)3)13-14-23(6,26)16-21/h9,13-15,17,20-21,26H,7-8,10-12,16H2,1-6H3,(H,24,25)/b14-13+,18-9+,19-15+/t20-,21+,23+/m1/s1. The van der Waals surface area contributed by atoms with Crippen molar-refractivity contribution in [3.8, 4) is 0 Å². The molecule has 1 aliphatic rings. The summed E-state index contributed by atoms with van der Waals surface area (Å²) >= 11 is 0. The highest BCUT2D eigenvalue weighted by molar-refractivity contribution is 5.67. The monoisotopic (exact) mass is 377 g/mol. The molecule has 0 radical (unpaired) electrons. The molecule has 0 fully saturated rings. The van der Waals surface area contributed by atoms with E-state index in [0.29, 0.717) is 24.8 Å². The molecule has 4 nitrogen and oxygen atoms in total. The molecular formula is C23H39NO3. The number of aliphatic hydroxyl groups is 1. The fourth-order valence-electron chi connectivity index (χ4n) is 3.36. The molecule has 0 heterocycles. The molecule has 0 bridgehead atoms. The maximum absolute atomic E-state index is 11.9. The van der Waals surface area contributed by atoms with Crippen LogP contribution in [0.15, 0.2) is 35.5 Å². The highest BCUT2D eigenvalue weighted by Crippen LogP contribution is 2.26. The summed E-state index contributed by atoms with van der Waals surface area (Å²) < 4.78 is 5.56. The van der Waals surface area contributed by atoms with Gasteiger partial charge in [-0.2, -0.15) is 0 Å². The highest BCUT2D eigenvalue weighted by atomic mass is 16.6. The van der Waals surface area contributed by atoms with Gasteiger partial charge in [0.2, 0.25) is 0 Å². The van der Waals surface area contributed by atoms with Gasteiger partial charge in [0.05, 0.1) is 5.60 Å². The number of hydrogen-bond donors (Lipinski definition) is 2. The van der Waals surface area contributed by atoms with E-state index < -0.39 is 17.8 Å². The zero-order valence-electron chi connectivity index (χ0n) is 18.0. The van der Waals surface area contributed by atoms with Crippen molar-refractivity contribution in [3.05, 3.63) is 35.5 Å². The number of carbonyl (C=O) groups excluding carboxylic acids is 1. The van der Waals surface area contributed by atoms with Crippen LogP contribution in [0, 0.1) is 11.8 Å². The average molecular weight is 378 g/mol. The van der Waals surface area contributed by atoms with Gasteiger partial charge in [-0.3, -0.25) is 0 Å². The van der Waals surface area contributed by atoms with Gasteiger partial charge in [-0.15, -0.1) is 0 Å². The number of ether oxygens (including phenoxy) is 1. The van der Waals surface area contributed by atoms with Crippen LogP contribution in [0.4, 0.5) is 4.79 Å². The van der Waals surface area contributed by atoms with Crippen molar-refractivity contribution in [3.63, 3.8) is 0 Å². The number of hydrogen-bond acceptors (Lipinski definition) is 3. The van der Waals surface area contributed by atoms with Gasteiger partial charge in [-0.25, -0.2) is 4.79 Å². The Morgan fingerprint density at radius 1 is 1.33 bits per heavy atom. The van der Waals surface area contributed by atoms with Crippen molar-refractivity contribution >= 4 is 6.09 Å². The number of allylic oxidation sites excluding steroid dienone is 4. The lowest BCUT2D eigenvalue weighted by atomic mass is 9.86. The van der Waals surface area contributed by atoms with E-state index in [1.165, 1.54) is 11.1 Å². The van der Waals surface area contributed by atoms with E-state index in [0.717, 1.165) is 25.7 Å². The van der Waals surface area contributed by atoms with Crippen molar-refractivity contribution in [2.45, 2.75) is 85.4 Å². The second-order valence-electron chi connectivity index (χ2n) is 8.44. The quantitative estimate of drug-likeness (QED) is 0.635. The third-order valence-electron chi connectivity index (χ3n) is 5.13. The fourth-order valence-corrected chi connectivity index (χ4v) is 3.36. The molecule has 0 aromatic heterocycles. The van der Waals surface area contributed by atoms with Crippen molar-refractivity contribution in [1.82, 2.24) is 5.32 Å². The Kier molecular flexibility index (Phi) is 9.86. The van der Waals surface area contributed by atoms with Gasteiger partial charge < -0.3 is 15.2 Å². The van der Waals surface area contributed by atoms with E-state index in [9.17, 15) is 9.90 Å². The fraction of sp³-hybridized carbons (Fsp3) is 0.696. The number of carbonyl (C=O) groups is 1. The molecule has 1 rings (SSSR count). The van der Waals surface area contributed by atoms with Crippen LogP contribution in [0.3, 0.4) is 0 Å². The second kappa shape index (κ2) is 11.3. The molecule has 0 saturated heterocycles. The summed E-state index contributed by atoms with van der Waals surface area (Å²) in [6.07, 6.45) is 11.9. The van der Waals surface area contributed by atoms with Gasteiger partial charge in [-0.05, 0) is 71.3 Å². The summed E-state index contributed by atoms with van der Waals surface area (Å²) in [4.78, 5) is 11.9. The minimum Gasteiger partial charge on any atom is -0.442 e. The molecule has 0 spiro atoms. The number of rotatable bonds is 3. The predicted molar refractivity (Wildman–Crippen MR) is 113 cm³/mol. The van der Waals surface area contributed by atoms with Gasteiger partial charge in [0.25, 0.3) is 0 Å². The van der Waals surface area contributed by atoms with Crippen LogP contribution in [0.2, 0.25) is 0 Å². The Hall–Kier alpha value is -1.55. The van der Waals surface area contributed by atoms with Gasteiger partial charge in [0.15, 0.2) is 0 Å². The van der Waals surface area contributed by atoms with Crippen molar-refractivity contribution < 1.29 is 14.6 Å². The number of alkyl carbamates (subject to hydrolysis) is 1. The molecule has 0 aromatic carbocycles. The van der Waals surface area contributed by atoms with E-state index >= 15 is 0 Å². The molecule has 4 heteroatoms. The summed E-state index contributed by atoms with van der Waals surface area (Å²) in [7, 11) is 0. The third-order valence-corrected chi connectivity index (χ3v) is 5.13. The van der Waals surface area contributed by atoms with Crippen LogP contribution in [-0.2, 0) is 4.74 Å². The maximum atomic E-state index is 11.9. The maximum Gasteiger partial charge on any atom is 0.407 e. The van der Waals surface area contributed by atoms with Gasteiger partial charge >= 0.3 is 6.09 Å². The Bertz CT molecular complexity index is 558. The summed E-state index contributed by atoms with van der Waals surface area (Å²) in [6, 6.07) is 0. The molecule has 0 aliphatic heterocycles. The molecular weight excluding hydrogens is 338 g/mol. The third kappa shape index (κ3) is 9.81. The predicted octanol–water partition coefficient (Wildman–Crippen LogP) is 5.54. The van der Waals surface area contributed by atoms with Crippen LogP contribution in [0.1, 0.15) is 73.6 Å². The van der Waals surface area contributed by atoms with Crippen LogP contribution >= 0.6 is 0 Å². The van der Waals surface area contributed by atoms with E-state index in [2.05, 4.69) is 45.2 Å². The largest absolute Gasteiger partial charge is 0.442 e. The Morgan fingerprint density at radius 3 is 2.67 bits per heavy atom. The van der Waals surface area contributed by atoms with E-state index in [1.54, 1.807) is 6.92 Å². The first-order chi connectivity index (χ1) is 12.6. The summed E-state index contributed by atoms with van der Waals surface area (Å²) in [5.41, 5.74) is 1.56. The molecule has 1 amide bonds. The van der Waals surface area contributed by atoms with Gasteiger partial charge in [0.1, 0.15) is 6.10 Å². The molecule has 27 heavy (non-hydrogen) atoms. The number of nitrogens with one attached hydrogen (secondary N) is 1. The average Bonchev–Trinajstić information content (AvgIpc) is 2.53. The van der Waals surface area contributed by atoms with E-state index in [1.807, 2.05) is 19.1 Å². The van der Waals surface area contributed by atoms with Gasteiger partial charge in [-0.1, -0.05) is 43.2 Å². The van der Waals surface area contributed by atoms with Crippen LogP contribution in [0.5, 0.6) is 0 Å². The zero-order chi connectivity index (χ0) is 20.4. The van der Waals surface area contributed by atoms with Crippen molar-refractivity contribution in [1.29, 1.82) is 0 Å². The lowest BCUT2D eigenvalue weighted by Gasteiger charge is -2.26. The normalized spacial score (nSPS) is 33.2. The minimum absolute atomic E-state index is 0.345. The highest BCUT2D eigenvalue weighted by Gasteiger charge is 2.25. The summed E-state index contributed by atoms with van der Waals surface area (Å²) in [6.45, 7) is 12.9. The minimum atomic E-state index is -1.03. The molecule has 0 aromatic rings. The van der Waals surface area contributed by atoms with Crippen molar-refractivity contribution in [2.75, 3.05) is 6.54 Å². The van der Waals surface area contributed by atoms with Crippen LogP contribution < -0.4 is 5.32 Å². The Labute approximate surface area is 165 Å². The number of amides is 1. The smallest absolute Gasteiger partial charge is 0.407 e. The zero-order valence-corrected chi connectivity index (χ0v) is 18.0. The van der Waals surface area contributed by atoms with E-state index in [4.69, 9.17) is 4.74 Å². The summed E-state index contributed by atoms with van der Waals surface area (Å²) in [5.74, 6) is 0.935. The Balaban J connectivity index is 3.09. The first-order valence-electron chi connectivity index (χ1n) is 10.3. The molecule has 154 valence electrons. The van der Waals surface area contributed by atoms with E-state index in [-0.39, 0.29) is 0 Å². The first-order valence-corrected chi connectivity index (χ1v) is 10.3. The lowest BCUT2D eigenvalue weighted by molar-refractivity contribution is 0.0430. The lowest BCUT2D eigenvalue weighted by Crippen LogP contribution is -2.34. The molecule has 0 unspecified atom stereocenters. The Morgan fingerprint density at radius 2 is 2.04 bits per heavy atom. The summed E-state index contributed by atoms with van der Waals surface area (Å²) in [5, 5.41) is 13.6. The topological polar surface area (TPSA) is 58.6 Å². The van der Waals surface area contributed by atoms with Crippen LogP contribution in [0.25, 0.3) is 0 Å². The second-order valence-corrected chi connectivity index (χ2v) is 8.44. The molecule has 1 aliphatic carbocycles. The van der Waals surface area contributed by atoms with Crippen molar-refractivity contribution in [2.24, 2.45) is 11.8 Å².